The van der Waals surface area contributed by atoms with Crippen molar-refractivity contribution < 1.29 is 22.4 Å². The number of amides is 2. The molecule has 2 atom stereocenters. The predicted molar refractivity (Wildman–Crippen MR) is 137 cm³/mol. The Balaban J connectivity index is 2.17. The van der Waals surface area contributed by atoms with Crippen molar-refractivity contribution in [3.05, 3.63) is 65.5 Å². The Bertz CT molecular complexity index is 1110. The average Bonchev–Trinajstić information content (AvgIpc) is 2.80. The molecule has 9 heteroatoms. The lowest BCUT2D eigenvalue weighted by molar-refractivity contribution is -0.140. The molecule has 0 unspecified atom stereocenters. The SMILES string of the molecule is CC[C@@H](C)NC(=O)[C@H](C)N(Cc1ccc(C)cc1)C(=O)CCCN(c1ccccc1F)S(C)(=O)=O. The lowest BCUT2D eigenvalue weighted by Crippen LogP contribution is -2.49. The van der Waals surface area contributed by atoms with E-state index < -0.39 is 21.9 Å². The first-order valence-electron chi connectivity index (χ1n) is 11.8. The van der Waals surface area contributed by atoms with Crippen LogP contribution in [0.2, 0.25) is 0 Å². The fourth-order valence-electron chi connectivity index (χ4n) is 3.57. The van der Waals surface area contributed by atoms with Crippen LogP contribution in [0.25, 0.3) is 0 Å². The van der Waals surface area contributed by atoms with Crippen LogP contribution in [0.5, 0.6) is 0 Å². The van der Waals surface area contributed by atoms with Crippen molar-refractivity contribution in [2.75, 3.05) is 17.1 Å². The Morgan fingerprint density at radius 3 is 2.26 bits per heavy atom. The average molecular weight is 506 g/mol. The maximum absolute atomic E-state index is 14.3. The summed E-state index contributed by atoms with van der Waals surface area (Å²) in [7, 11) is -3.75. The van der Waals surface area contributed by atoms with Crippen molar-refractivity contribution in [2.24, 2.45) is 0 Å². The molecule has 2 rings (SSSR count). The number of rotatable bonds is 12. The molecule has 2 amide bonds. The maximum Gasteiger partial charge on any atom is 0.242 e. The summed E-state index contributed by atoms with van der Waals surface area (Å²) in [5.41, 5.74) is 1.92. The predicted octanol–water partition coefficient (Wildman–Crippen LogP) is 4.01. The molecule has 2 aromatic carbocycles. The number of anilines is 1. The number of benzene rings is 2. The summed E-state index contributed by atoms with van der Waals surface area (Å²) >= 11 is 0. The van der Waals surface area contributed by atoms with Crippen LogP contribution in [0.1, 0.15) is 51.2 Å². The number of aryl methyl sites for hydroxylation is 1. The number of nitrogens with zero attached hydrogens (tertiary/aromatic N) is 2. The van der Waals surface area contributed by atoms with Crippen LogP contribution >= 0.6 is 0 Å². The van der Waals surface area contributed by atoms with E-state index in [-0.39, 0.29) is 49.5 Å². The zero-order valence-corrected chi connectivity index (χ0v) is 21.9. The van der Waals surface area contributed by atoms with Crippen LogP contribution in [-0.2, 0) is 26.2 Å². The van der Waals surface area contributed by atoms with Crippen molar-refractivity contribution in [3.63, 3.8) is 0 Å². The summed E-state index contributed by atoms with van der Waals surface area (Å²) < 4.78 is 39.8. The van der Waals surface area contributed by atoms with Crippen LogP contribution in [0.4, 0.5) is 10.1 Å². The van der Waals surface area contributed by atoms with Gasteiger partial charge in [0.2, 0.25) is 21.8 Å². The first-order chi connectivity index (χ1) is 16.4. The molecule has 0 radical (unpaired) electrons. The van der Waals surface area contributed by atoms with Gasteiger partial charge in [0.1, 0.15) is 11.9 Å². The summed E-state index contributed by atoms with van der Waals surface area (Å²) in [6.45, 7) is 7.71. The van der Waals surface area contributed by atoms with Crippen LogP contribution in [0.15, 0.2) is 48.5 Å². The van der Waals surface area contributed by atoms with Gasteiger partial charge in [-0.2, -0.15) is 0 Å². The Morgan fingerprint density at radius 2 is 1.69 bits per heavy atom. The number of nitrogens with one attached hydrogen (secondary N) is 1. The third-order valence-corrected chi connectivity index (χ3v) is 7.10. The van der Waals surface area contributed by atoms with Crippen LogP contribution in [0, 0.1) is 12.7 Å². The van der Waals surface area contributed by atoms with Crippen molar-refractivity contribution in [1.82, 2.24) is 10.2 Å². The molecule has 0 heterocycles. The standard InChI is InChI=1S/C26H36FN3O4S/c1-6-20(3)28-26(32)21(4)29(18-22-15-13-19(2)14-16-22)25(31)12-9-17-30(35(5,33)34)24-11-8-7-10-23(24)27/h7-8,10-11,13-16,20-21H,6,9,12,17-18H2,1-5H3,(H,28,32)/t20-,21+/m1/s1. The van der Waals surface area contributed by atoms with Gasteiger partial charge >= 0.3 is 0 Å². The van der Waals surface area contributed by atoms with Crippen molar-refractivity contribution in [1.29, 1.82) is 0 Å². The molecule has 0 saturated carbocycles. The highest BCUT2D eigenvalue weighted by Gasteiger charge is 2.27. The molecule has 0 spiro atoms. The quantitative estimate of drug-likeness (QED) is 0.472. The number of sulfonamides is 1. The number of carbonyl (C=O) groups excluding carboxylic acids is 2. The van der Waals surface area contributed by atoms with E-state index >= 15 is 0 Å². The fraction of sp³-hybridized carbons (Fsp3) is 0.462. The third kappa shape index (κ3) is 8.35. The molecule has 0 fully saturated rings. The third-order valence-electron chi connectivity index (χ3n) is 5.92. The molecule has 0 bridgehead atoms. The minimum Gasteiger partial charge on any atom is -0.352 e. The van der Waals surface area contributed by atoms with Gasteiger partial charge in [0.25, 0.3) is 0 Å². The molecule has 1 N–H and O–H groups in total. The molecule has 7 nitrogen and oxygen atoms in total. The number of hydrogen-bond donors (Lipinski definition) is 1. The lowest BCUT2D eigenvalue weighted by Gasteiger charge is -2.30. The van der Waals surface area contributed by atoms with Gasteiger partial charge in [-0.1, -0.05) is 48.9 Å². The molecule has 0 aliphatic heterocycles. The zero-order chi connectivity index (χ0) is 26.2. The van der Waals surface area contributed by atoms with Crippen molar-refractivity contribution in [2.45, 2.75) is 65.6 Å². The second-order valence-corrected chi connectivity index (χ2v) is 10.8. The molecular formula is C26H36FN3O4S. The maximum atomic E-state index is 14.3. The zero-order valence-electron chi connectivity index (χ0n) is 21.1. The summed E-state index contributed by atoms with van der Waals surface area (Å²) in [5, 5.41) is 2.92. The Hall–Kier alpha value is -2.94. The summed E-state index contributed by atoms with van der Waals surface area (Å²) in [6.07, 6.45) is 1.95. The smallest absolute Gasteiger partial charge is 0.242 e. The highest BCUT2D eigenvalue weighted by molar-refractivity contribution is 7.92. The van der Waals surface area contributed by atoms with Gasteiger partial charge in [-0.15, -0.1) is 0 Å². The Labute approximate surface area is 208 Å². The minimum absolute atomic E-state index is 0.00723. The normalized spacial score (nSPS) is 13.1. The van der Waals surface area contributed by atoms with Crippen LogP contribution in [-0.4, -0.2) is 50.0 Å². The van der Waals surface area contributed by atoms with Gasteiger partial charge < -0.3 is 10.2 Å². The van der Waals surface area contributed by atoms with E-state index in [4.69, 9.17) is 0 Å². The van der Waals surface area contributed by atoms with E-state index in [1.807, 2.05) is 45.0 Å². The molecule has 0 aliphatic carbocycles. The van der Waals surface area contributed by atoms with Gasteiger partial charge in [-0.25, -0.2) is 12.8 Å². The summed E-state index contributed by atoms with van der Waals surface area (Å²) in [5.74, 6) is -1.18. The molecule has 2 aromatic rings. The van der Waals surface area contributed by atoms with Crippen LogP contribution < -0.4 is 9.62 Å². The van der Waals surface area contributed by atoms with Crippen molar-refractivity contribution >= 4 is 27.5 Å². The van der Waals surface area contributed by atoms with E-state index in [1.165, 1.54) is 23.1 Å². The first kappa shape index (κ1) is 28.3. The number of hydrogen-bond acceptors (Lipinski definition) is 4. The second-order valence-electron chi connectivity index (χ2n) is 8.89. The van der Waals surface area contributed by atoms with Gasteiger partial charge in [0.15, 0.2) is 0 Å². The van der Waals surface area contributed by atoms with E-state index in [0.29, 0.717) is 0 Å². The topological polar surface area (TPSA) is 86.8 Å². The fourth-order valence-corrected chi connectivity index (χ4v) is 4.54. The molecule has 0 saturated heterocycles. The summed E-state index contributed by atoms with van der Waals surface area (Å²) in [6, 6.07) is 12.6. The highest BCUT2D eigenvalue weighted by Crippen LogP contribution is 2.22. The molecule has 0 aromatic heterocycles. The van der Waals surface area contributed by atoms with E-state index in [2.05, 4.69) is 5.32 Å². The molecule has 0 aliphatic rings. The molecular weight excluding hydrogens is 469 g/mol. The van der Waals surface area contributed by atoms with Gasteiger partial charge in [0, 0.05) is 25.6 Å². The molecule has 192 valence electrons. The number of halogens is 1. The summed E-state index contributed by atoms with van der Waals surface area (Å²) in [4.78, 5) is 27.6. The van der Waals surface area contributed by atoms with Gasteiger partial charge in [-0.3, -0.25) is 13.9 Å². The van der Waals surface area contributed by atoms with Gasteiger partial charge in [0.05, 0.1) is 11.9 Å². The highest BCUT2D eigenvalue weighted by atomic mass is 32.2. The van der Waals surface area contributed by atoms with E-state index in [9.17, 15) is 22.4 Å². The van der Waals surface area contributed by atoms with Crippen LogP contribution in [0.3, 0.4) is 0 Å². The number of carbonyl (C=O) groups is 2. The van der Waals surface area contributed by atoms with Gasteiger partial charge in [-0.05, 0) is 51.3 Å². The minimum atomic E-state index is -3.75. The van der Waals surface area contributed by atoms with E-state index in [0.717, 1.165) is 28.1 Å². The Morgan fingerprint density at radius 1 is 1.06 bits per heavy atom. The largest absolute Gasteiger partial charge is 0.352 e. The Kier molecular flexibility index (Phi) is 10.2. The van der Waals surface area contributed by atoms with E-state index in [1.54, 1.807) is 13.0 Å². The second kappa shape index (κ2) is 12.7. The molecule has 35 heavy (non-hydrogen) atoms. The number of para-hydroxylation sites is 1. The van der Waals surface area contributed by atoms with Crippen molar-refractivity contribution in [3.8, 4) is 0 Å². The first-order valence-corrected chi connectivity index (χ1v) is 13.7. The monoisotopic (exact) mass is 505 g/mol. The lowest BCUT2D eigenvalue weighted by atomic mass is 10.1.